The minimum atomic E-state index is -0.192. The molecule has 1 rings (SSSR count). The summed E-state index contributed by atoms with van der Waals surface area (Å²) in [6, 6.07) is 1.49. The van der Waals surface area contributed by atoms with Crippen molar-refractivity contribution in [3.05, 3.63) is 27.7 Å². The van der Waals surface area contributed by atoms with Crippen LogP contribution in [-0.4, -0.2) is 17.3 Å². The lowest BCUT2D eigenvalue weighted by atomic mass is 10.2. The van der Waals surface area contributed by atoms with Gasteiger partial charge in [-0.2, -0.15) is 5.10 Å². The Morgan fingerprint density at radius 2 is 2.45 bits per heavy atom. The van der Waals surface area contributed by atoms with Crippen LogP contribution in [0.3, 0.4) is 0 Å². The van der Waals surface area contributed by atoms with E-state index in [2.05, 4.69) is 10.2 Å². The minimum absolute atomic E-state index is 0.192. The van der Waals surface area contributed by atoms with E-state index in [0.717, 1.165) is 11.3 Å². The zero-order valence-corrected chi connectivity index (χ0v) is 6.55. The van der Waals surface area contributed by atoms with E-state index in [1.807, 2.05) is 6.92 Å². The normalized spacial score (nSPS) is 10.0. The summed E-state index contributed by atoms with van der Waals surface area (Å²) in [5.74, 6) is 0. The van der Waals surface area contributed by atoms with Crippen molar-refractivity contribution in [2.45, 2.75) is 13.5 Å². The molecule has 0 atom stereocenters. The summed E-state index contributed by atoms with van der Waals surface area (Å²) >= 11 is 0. The topological polar surface area (TPSA) is 55.0 Å². The molecule has 4 nitrogen and oxygen atoms in total. The third-order valence-corrected chi connectivity index (χ3v) is 1.40. The molecule has 0 spiro atoms. The first-order chi connectivity index (χ1) is 5.24. The smallest absolute Gasteiger partial charge is 0.264 e. The van der Waals surface area contributed by atoms with Gasteiger partial charge in [-0.05, 0) is 6.92 Å². The summed E-state index contributed by atoms with van der Waals surface area (Å²) in [6.07, 6.45) is 0. The maximum absolute atomic E-state index is 10.7. The Hall–Kier alpha value is -1.16. The van der Waals surface area contributed by atoms with Crippen molar-refractivity contribution in [3.63, 3.8) is 0 Å². The highest BCUT2D eigenvalue weighted by Gasteiger charge is 1.98. The molecule has 0 aliphatic rings. The number of ether oxygens (including phenoxy) is 1. The molecule has 0 unspecified atom stereocenters. The van der Waals surface area contributed by atoms with Gasteiger partial charge >= 0.3 is 0 Å². The van der Waals surface area contributed by atoms with E-state index >= 15 is 0 Å². The molecule has 0 aliphatic heterocycles. The van der Waals surface area contributed by atoms with Gasteiger partial charge in [-0.1, -0.05) is 0 Å². The summed E-state index contributed by atoms with van der Waals surface area (Å²) in [5.41, 5.74) is 1.44. The van der Waals surface area contributed by atoms with E-state index in [1.165, 1.54) is 6.07 Å². The molecule has 0 aromatic carbocycles. The van der Waals surface area contributed by atoms with Crippen LogP contribution in [0.4, 0.5) is 0 Å². The Morgan fingerprint density at radius 1 is 1.73 bits per heavy atom. The summed E-state index contributed by atoms with van der Waals surface area (Å²) in [7, 11) is 1.58. The Balaban J connectivity index is 3.02. The zero-order valence-electron chi connectivity index (χ0n) is 6.55. The molecule has 1 aromatic heterocycles. The van der Waals surface area contributed by atoms with E-state index in [1.54, 1.807) is 7.11 Å². The van der Waals surface area contributed by atoms with Crippen molar-refractivity contribution in [3.8, 4) is 0 Å². The number of hydrogen-bond donors (Lipinski definition) is 1. The molecule has 60 valence electrons. The van der Waals surface area contributed by atoms with Crippen molar-refractivity contribution in [2.24, 2.45) is 0 Å². The van der Waals surface area contributed by atoms with Crippen LogP contribution in [0.5, 0.6) is 0 Å². The molecular formula is C7H10N2O2. The highest BCUT2D eigenvalue weighted by atomic mass is 16.5. The summed E-state index contributed by atoms with van der Waals surface area (Å²) in [6.45, 7) is 2.26. The number of rotatable bonds is 2. The van der Waals surface area contributed by atoms with E-state index in [-0.39, 0.29) is 5.56 Å². The summed E-state index contributed by atoms with van der Waals surface area (Å²) in [4.78, 5) is 10.7. The van der Waals surface area contributed by atoms with Crippen molar-refractivity contribution in [2.75, 3.05) is 7.11 Å². The number of aromatic amines is 1. The van der Waals surface area contributed by atoms with Gasteiger partial charge in [0.05, 0.1) is 12.3 Å². The zero-order chi connectivity index (χ0) is 8.27. The molecule has 0 saturated carbocycles. The van der Waals surface area contributed by atoms with Gasteiger partial charge in [0.2, 0.25) is 0 Å². The monoisotopic (exact) mass is 154 g/mol. The molecule has 0 amide bonds. The van der Waals surface area contributed by atoms with Gasteiger partial charge in [-0.3, -0.25) is 4.79 Å². The summed E-state index contributed by atoms with van der Waals surface area (Å²) < 4.78 is 4.87. The lowest BCUT2D eigenvalue weighted by Crippen LogP contribution is -2.10. The fourth-order valence-electron chi connectivity index (χ4n) is 0.807. The minimum Gasteiger partial charge on any atom is -0.380 e. The quantitative estimate of drug-likeness (QED) is 0.663. The molecule has 1 N–H and O–H groups in total. The second-order valence-electron chi connectivity index (χ2n) is 2.28. The maximum Gasteiger partial charge on any atom is 0.264 e. The Bertz CT molecular complexity index is 293. The molecule has 0 radical (unpaired) electrons. The fourth-order valence-corrected chi connectivity index (χ4v) is 0.807. The fraction of sp³-hybridized carbons (Fsp3) is 0.429. The molecule has 1 aromatic rings. The third-order valence-electron chi connectivity index (χ3n) is 1.40. The van der Waals surface area contributed by atoms with Gasteiger partial charge in [-0.15, -0.1) is 0 Å². The second-order valence-corrected chi connectivity index (χ2v) is 2.28. The number of methoxy groups -OCH3 is 1. The van der Waals surface area contributed by atoms with Gasteiger partial charge in [-0.25, -0.2) is 5.10 Å². The van der Waals surface area contributed by atoms with E-state index in [4.69, 9.17) is 4.74 Å². The van der Waals surface area contributed by atoms with E-state index < -0.39 is 0 Å². The van der Waals surface area contributed by atoms with Gasteiger partial charge in [0.15, 0.2) is 0 Å². The van der Waals surface area contributed by atoms with Crippen molar-refractivity contribution in [1.29, 1.82) is 0 Å². The molecule has 0 aliphatic carbocycles. The van der Waals surface area contributed by atoms with Crippen LogP contribution in [0, 0.1) is 6.92 Å². The first-order valence-electron chi connectivity index (χ1n) is 3.28. The number of hydrogen-bond acceptors (Lipinski definition) is 3. The largest absolute Gasteiger partial charge is 0.380 e. The van der Waals surface area contributed by atoms with Gasteiger partial charge in [0, 0.05) is 18.7 Å². The van der Waals surface area contributed by atoms with E-state index in [0.29, 0.717) is 6.61 Å². The number of nitrogens with one attached hydrogen (secondary N) is 1. The Morgan fingerprint density at radius 3 is 3.09 bits per heavy atom. The molecule has 11 heavy (non-hydrogen) atoms. The maximum atomic E-state index is 10.7. The average molecular weight is 154 g/mol. The highest BCUT2D eigenvalue weighted by molar-refractivity contribution is 5.14. The third kappa shape index (κ3) is 1.88. The van der Waals surface area contributed by atoms with Gasteiger partial charge in [0.25, 0.3) is 5.56 Å². The molecule has 1 heterocycles. The molecule has 0 saturated heterocycles. The lowest BCUT2D eigenvalue weighted by Gasteiger charge is -2.00. The Kier molecular flexibility index (Phi) is 2.38. The van der Waals surface area contributed by atoms with Crippen LogP contribution in [0.1, 0.15) is 11.3 Å². The molecule has 0 fully saturated rings. The van der Waals surface area contributed by atoms with Crippen LogP contribution in [0.25, 0.3) is 0 Å². The number of nitrogens with zero attached hydrogens (tertiary/aromatic N) is 1. The average Bonchev–Trinajstić information content (AvgIpc) is 1.98. The van der Waals surface area contributed by atoms with Gasteiger partial charge in [0.1, 0.15) is 0 Å². The molecule has 0 bridgehead atoms. The van der Waals surface area contributed by atoms with E-state index in [9.17, 15) is 4.79 Å². The first kappa shape index (κ1) is 7.94. The number of aryl methyl sites for hydroxylation is 1. The standard InChI is InChI=1S/C7H10N2O2/c1-5-6(4-11-2)3-7(10)9-8-5/h3H,4H2,1-2H3,(H,9,10). The molecule has 4 heteroatoms. The van der Waals surface area contributed by atoms with Crippen molar-refractivity contribution < 1.29 is 4.74 Å². The van der Waals surface area contributed by atoms with Crippen LogP contribution in [0.15, 0.2) is 10.9 Å². The number of aromatic nitrogens is 2. The van der Waals surface area contributed by atoms with Crippen LogP contribution >= 0.6 is 0 Å². The second kappa shape index (κ2) is 3.30. The predicted octanol–water partition coefficient (Wildman–Crippen LogP) is 0.225. The van der Waals surface area contributed by atoms with Crippen LogP contribution in [-0.2, 0) is 11.3 Å². The van der Waals surface area contributed by atoms with Gasteiger partial charge < -0.3 is 4.74 Å². The Labute approximate surface area is 64.2 Å². The number of H-pyrrole nitrogens is 1. The van der Waals surface area contributed by atoms with Crippen LogP contribution in [0.2, 0.25) is 0 Å². The lowest BCUT2D eigenvalue weighted by molar-refractivity contribution is 0.183. The van der Waals surface area contributed by atoms with Crippen LogP contribution < -0.4 is 5.56 Å². The first-order valence-corrected chi connectivity index (χ1v) is 3.28. The van der Waals surface area contributed by atoms with Crippen molar-refractivity contribution in [1.82, 2.24) is 10.2 Å². The van der Waals surface area contributed by atoms with Crippen molar-refractivity contribution >= 4 is 0 Å². The SMILES string of the molecule is COCc1cc(=O)[nH]nc1C. The highest BCUT2D eigenvalue weighted by Crippen LogP contribution is 1.99. The summed E-state index contributed by atoms with van der Waals surface area (Å²) in [5, 5.41) is 6.12. The molecular weight excluding hydrogens is 144 g/mol. The predicted molar refractivity (Wildman–Crippen MR) is 40.3 cm³/mol.